The molecular weight excluding hydrogens is 337 g/mol. The van der Waals surface area contributed by atoms with Crippen LogP contribution < -0.4 is 5.06 Å². The maximum absolute atomic E-state index is 12.1. The number of amides is 1. The van der Waals surface area contributed by atoms with Gasteiger partial charge in [-0.3, -0.25) is 4.84 Å². The van der Waals surface area contributed by atoms with Crippen LogP contribution in [0.15, 0.2) is 24.3 Å². The Kier molecular flexibility index (Phi) is 5.60. The summed E-state index contributed by atoms with van der Waals surface area (Å²) < 4.78 is 4.35. The fourth-order valence-electron chi connectivity index (χ4n) is 1.70. The first kappa shape index (κ1) is 16.7. The number of ether oxygens (including phenoxy) is 1. The Balaban J connectivity index is 2.04. The summed E-state index contributed by atoms with van der Waals surface area (Å²) in [6, 6.07) is 6.77. The van der Waals surface area contributed by atoms with Crippen LogP contribution in [-0.2, 0) is 9.57 Å². The van der Waals surface area contributed by atoms with Crippen molar-refractivity contribution in [3.63, 3.8) is 0 Å². The molecule has 4 nitrogen and oxygen atoms in total. The first-order valence-corrected chi connectivity index (χ1v) is 7.80. The smallest absolute Gasteiger partial charge is 0.438 e. The Morgan fingerprint density at radius 2 is 2.19 bits per heavy atom. The quantitative estimate of drug-likeness (QED) is 0.544. The number of hydroxylamine groups is 1. The lowest BCUT2D eigenvalue weighted by Crippen LogP contribution is -2.33. The molecule has 1 fully saturated rings. The summed E-state index contributed by atoms with van der Waals surface area (Å²) in [6.45, 7) is 2.47. The molecule has 1 aliphatic carbocycles. The average Bonchev–Trinajstić information content (AvgIpc) is 3.04. The minimum Gasteiger partial charge on any atom is -0.448 e. The van der Waals surface area contributed by atoms with Gasteiger partial charge < -0.3 is 4.74 Å². The lowest BCUT2D eigenvalue weighted by molar-refractivity contribution is 0.0698. The molecule has 0 spiro atoms. The number of alkyl halides is 2. The molecule has 1 aromatic carbocycles. The minimum atomic E-state index is -0.757. The molecule has 1 unspecified atom stereocenters. The van der Waals surface area contributed by atoms with Gasteiger partial charge in [0.1, 0.15) is 4.33 Å². The molecule has 1 amide bonds. The summed E-state index contributed by atoms with van der Waals surface area (Å²) in [5, 5.41) is 1.59. The molecule has 0 saturated heterocycles. The Hall–Kier alpha value is -0.680. The Morgan fingerprint density at radius 3 is 2.76 bits per heavy atom. The zero-order valence-electron chi connectivity index (χ0n) is 11.5. The number of hydrogen-bond acceptors (Lipinski definition) is 3. The van der Waals surface area contributed by atoms with Crippen LogP contribution in [-0.4, -0.2) is 23.6 Å². The molecule has 0 bridgehead atoms. The van der Waals surface area contributed by atoms with Crippen LogP contribution in [0.1, 0.15) is 19.8 Å². The largest absolute Gasteiger partial charge is 0.448 e. The normalized spacial score (nSPS) is 19.1. The summed E-state index contributed by atoms with van der Waals surface area (Å²) >= 11 is 17.9. The molecule has 0 aliphatic heterocycles. The molecule has 1 saturated carbocycles. The van der Waals surface area contributed by atoms with Gasteiger partial charge in [0, 0.05) is 10.9 Å². The highest BCUT2D eigenvalue weighted by Gasteiger charge is 2.52. The van der Waals surface area contributed by atoms with Crippen LogP contribution >= 0.6 is 34.8 Å². The van der Waals surface area contributed by atoms with Crippen molar-refractivity contribution in [1.29, 1.82) is 0 Å². The number of carbonyl (C=O) groups excluding carboxylic acids is 1. The second kappa shape index (κ2) is 7.05. The molecule has 116 valence electrons. The number of halogens is 3. The summed E-state index contributed by atoms with van der Waals surface area (Å²) in [7, 11) is 0. The van der Waals surface area contributed by atoms with E-state index in [-0.39, 0.29) is 12.5 Å². The highest BCUT2D eigenvalue weighted by molar-refractivity contribution is 6.50. The molecule has 0 N–H and O–H groups in total. The minimum absolute atomic E-state index is 0.00138. The molecule has 1 atom stereocenters. The van der Waals surface area contributed by atoms with Crippen molar-refractivity contribution in [3.8, 4) is 0 Å². The Morgan fingerprint density at radius 1 is 1.48 bits per heavy atom. The number of carbonyl (C=O) groups is 1. The second-order valence-electron chi connectivity index (χ2n) is 4.85. The van der Waals surface area contributed by atoms with E-state index in [4.69, 9.17) is 44.4 Å². The average molecular weight is 353 g/mol. The van der Waals surface area contributed by atoms with Crippen LogP contribution in [0.5, 0.6) is 0 Å². The van der Waals surface area contributed by atoms with E-state index >= 15 is 0 Å². The van der Waals surface area contributed by atoms with Crippen molar-refractivity contribution in [2.75, 3.05) is 18.3 Å². The first-order valence-electron chi connectivity index (χ1n) is 6.67. The van der Waals surface area contributed by atoms with Crippen molar-refractivity contribution in [1.82, 2.24) is 0 Å². The van der Waals surface area contributed by atoms with Crippen LogP contribution in [0, 0.1) is 5.92 Å². The molecule has 21 heavy (non-hydrogen) atoms. The third kappa shape index (κ3) is 4.65. The standard InChI is InChI=1S/C14H16Cl3NO3/c1-2-6-20-13(19)18(12-5-3-4-11(15)7-12)21-9-10-8-14(10,16)17/h3-5,7,10H,2,6,8-9H2,1H3. The van der Waals surface area contributed by atoms with Gasteiger partial charge in [-0.1, -0.05) is 24.6 Å². The highest BCUT2D eigenvalue weighted by atomic mass is 35.5. The number of rotatable bonds is 6. The maximum atomic E-state index is 12.1. The number of benzene rings is 1. The van der Waals surface area contributed by atoms with E-state index in [9.17, 15) is 4.79 Å². The summed E-state index contributed by atoms with van der Waals surface area (Å²) in [5.41, 5.74) is 0.499. The maximum Gasteiger partial charge on any atom is 0.438 e. The van der Waals surface area contributed by atoms with Crippen molar-refractivity contribution >= 4 is 46.6 Å². The van der Waals surface area contributed by atoms with E-state index in [0.29, 0.717) is 23.7 Å². The summed E-state index contributed by atoms with van der Waals surface area (Å²) in [5.74, 6) is 0.00138. The van der Waals surface area contributed by atoms with E-state index in [1.54, 1.807) is 24.3 Å². The molecular formula is C14H16Cl3NO3. The van der Waals surface area contributed by atoms with E-state index in [1.165, 1.54) is 0 Å². The monoisotopic (exact) mass is 351 g/mol. The number of hydrogen-bond donors (Lipinski definition) is 0. The van der Waals surface area contributed by atoms with Gasteiger partial charge in [0.05, 0.1) is 18.9 Å². The topological polar surface area (TPSA) is 38.8 Å². The first-order chi connectivity index (χ1) is 9.94. The van der Waals surface area contributed by atoms with Gasteiger partial charge in [-0.15, -0.1) is 23.2 Å². The zero-order valence-corrected chi connectivity index (χ0v) is 13.8. The predicted octanol–water partition coefficient (Wildman–Crippen LogP) is 4.82. The van der Waals surface area contributed by atoms with Crippen LogP contribution in [0.4, 0.5) is 10.5 Å². The fourth-order valence-corrected chi connectivity index (χ4v) is 2.38. The van der Waals surface area contributed by atoms with Gasteiger partial charge in [0.15, 0.2) is 0 Å². The van der Waals surface area contributed by atoms with E-state index < -0.39 is 10.4 Å². The van der Waals surface area contributed by atoms with Gasteiger partial charge >= 0.3 is 6.09 Å². The van der Waals surface area contributed by atoms with Gasteiger partial charge in [-0.2, -0.15) is 5.06 Å². The Labute approximate surface area is 138 Å². The van der Waals surface area contributed by atoms with Gasteiger partial charge in [0.25, 0.3) is 0 Å². The van der Waals surface area contributed by atoms with Crippen molar-refractivity contribution < 1.29 is 14.4 Å². The van der Waals surface area contributed by atoms with Crippen molar-refractivity contribution in [2.24, 2.45) is 5.92 Å². The Bertz CT molecular complexity index is 510. The number of anilines is 1. The van der Waals surface area contributed by atoms with E-state index in [1.807, 2.05) is 6.92 Å². The van der Waals surface area contributed by atoms with Gasteiger partial charge in [-0.25, -0.2) is 4.79 Å². The number of nitrogens with zero attached hydrogens (tertiary/aromatic N) is 1. The molecule has 1 aliphatic rings. The van der Waals surface area contributed by atoms with Crippen molar-refractivity contribution in [2.45, 2.75) is 24.1 Å². The summed E-state index contributed by atoms with van der Waals surface area (Å²) in [6.07, 6.45) is 0.780. The highest BCUT2D eigenvalue weighted by Crippen LogP contribution is 2.53. The molecule has 0 heterocycles. The second-order valence-corrected chi connectivity index (χ2v) is 6.83. The van der Waals surface area contributed by atoms with Crippen LogP contribution in [0.3, 0.4) is 0 Å². The zero-order chi connectivity index (χ0) is 15.5. The third-order valence-corrected chi connectivity index (χ3v) is 4.16. The molecule has 1 aromatic rings. The lowest BCUT2D eigenvalue weighted by atomic mass is 10.3. The molecule has 7 heteroatoms. The molecule has 0 aromatic heterocycles. The van der Waals surface area contributed by atoms with E-state index in [2.05, 4.69) is 0 Å². The third-order valence-electron chi connectivity index (χ3n) is 3.00. The predicted molar refractivity (Wildman–Crippen MR) is 84.1 cm³/mol. The summed E-state index contributed by atoms with van der Waals surface area (Å²) in [4.78, 5) is 17.6. The van der Waals surface area contributed by atoms with Gasteiger partial charge in [-0.05, 0) is 31.0 Å². The molecule has 0 radical (unpaired) electrons. The SMILES string of the molecule is CCCOC(=O)N(OCC1CC1(Cl)Cl)c1cccc(Cl)c1. The molecule has 2 rings (SSSR count). The van der Waals surface area contributed by atoms with Crippen molar-refractivity contribution in [3.05, 3.63) is 29.3 Å². The fraction of sp³-hybridized carbons (Fsp3) is 0.500. The van der Waals surface area contributed by atoms with E-state index in [0.717, 1.165) is 11.5 Å². The van der Waals surface area contributed by atoms with Crippen LogP contribution in [0.2, 0.25) is 5.02 Å². The lowest BCUT2D eigenvalue weighted by Gasteiger charge is -2.21. The van der Waals surface area contributed by atoms with Crippen LogP contribution in [0.25, 0.3) is 0 Å². The van der Waals surface area contributed by atoms with Gasteiger partial charge in [0.2, 0.25) is 0 Å².